The van der Waals surface area contributed by atoms with E-state index >= 15 is 0 Å². The lowest BCUT2D eigenvalue weighted by molar-refractivity contribution is -0.137. The lowest BCUT2D eigenvalue weighted by Crippen LogP contribution is -2.53. The lowest BCUT2D eigenvalue weighted by atomic mass is 10.0. The summed E-state index contributed by atoms with van der Waals surface area (Å²) in [7, 11) is -1.20. The first-order valence-corrected chi connectivity index (χ1v) is 26.4. The number of unbranched alkanes of at least 4 members (excludes halogenated alkanes) is 1. The van der Waals surface area contributed by atoms with Crippen LogP contribution in [-0.4, -0.2) is 133 Å². The molecule has 3 saturated heterocycles. The van der Waals surface area contributed by atoms with Crippen molar-refractivity contribution in [2.24, 2.45) is 0 Å². The third-order valence-electron chi connectivity index (χ3n) is 13.0. The molecule has 21 heteroatoms. The number of nitrogens with one attached hydrogen (secondary N) is 4. The molecule has 0 aliphatic carbocycles. The number of imide groups is 1. The van der Waals surface area contributed by atoms with Gasteiger partial charge < -0.3 is 40.0 Å². The van der Waals surface area contributed by atoms with Crippen LogP contribution in [0.5, 0.6) is 5.75 Å². The molecule has 0 bridgehead atoms. The third-order valence-corrected chi connectivity index (χ3v) is 14.9. The molecular formula is C50H55ClF3N10O6P. The molecule has 3 fully saturated rings. The number of benzene rings is 3. The van der Waals surface area contributed by atoms with Gasteiger partial charge in [0.25, 0.3) is 5.91 Å². The van der Waals surface area contributed by atoms with Crippen LogP contribution in [0, 0.1) is 11.8 Å². The van der Waals surface area contributed by atoms with Crippen LogP contribution in [0.2, 0.25) is 5.02 Å². The molecule has 8 rings (SSSR count). The molecule has 1 unspecified atom stereocenters. The Morgan fingerprint density at radius 3 is 2.45 bits per heavy atom. The Balaban J connectivity index is 0.869. The summed E-state index contributed by atoms with van der Waals surface area (Å²) in [6.45, 7) is 9.36. The molecule has 16 nitrogen and oxygen atoms in total. The van der Waals surface area contributed by atoms with Crippen molar-refractivity contribution in [1.82, 2.24) is 30.0 Å². The monoisotopic (exact) mass is 1010 g/mol. The molecule has 71 heavy (non-hydrogen) atoms. The average molecular weight is 1020 g/mol. The summed E-state index contributed by atoms with van der Waals surface area (Å²) >= 11 is 6.50. The number of fused-ring (bicyclic) bond motifs is 1. The van der Waals surface area contributed by atoms with Crippen LogP contribution in [0.1, 0.15) is 60.0 Å². The predicted molar refractivity (Wildman–Crippen MR) is 268 cm³/mol. The second kappa shape index (κ2) is 21.9. The van der Waals surface area contributed by atoms with Crippen molar-refractivity contribution in [3.63, 3.8) is 0 Å². The lowest BCUT2D eigenvalue weighted by Gasteiger charge is -2.43. The summed E-state index contributed by atoms with van der Waals surface area (Å²) < 4.78 is 58.1. The number of ether oxygens (including phenoxy) is 1. The van der Waals surface area contributed by atoms with Gasteiger partial charge in [-0.3, -0.25) is 29.4 Å². The van der Waals surface area contributed by atoms with Gasteiger partial charge >= 0.3 is 6.18 Å². The number of para-hydroxylation sites is 1. The SMILES string of the molecule is COc1cc(N2CCC(N3CCN(CCCC#Cc4cccc5c4CN(C4CCC(=O)NC4=O)C5=O)CC3)CC2)c(NC(=O)C=CC(F)(F)F)cc1Nc1ncc(Cl)c(Nc2ccccc2P(C)(C)=O)n1. The summed E-state index contributed by atoms with van der Waals surface area (Å²) in [5.41, 5.74) is 3.84. The number of alkyl halides is 3. The van der Waals surface area contributed by atoms with Gasteiger partial charge in [0.2, 0.25) is 23.7 Å². The normalized spacial score (nSPS) is 18.2. The van der Waals surface area contributed by atoms with Crippen LogP contribution < -0.4 is 36.2 Å². The van der Waals surface area contributed by atoms with Gasteiger partial charge in [-0.05, 0) is 81.5 Å². The number of carbonyl (C=O) groups excluding carboxylic acids is 4. The smallest absolute Gasteiger partial charge is 0.409 e. The average Bonchev–Trinajstić information content (AvgIpc) is 3.67. The number of allylic oxidation sites excluding steroid dienone is 1. The minimum Gasteiger partial charge on any atom is -0.494 e. The summed E-state index contributed by atoms with van der Waals surface area (Å²) in [6.07, 6.45) is 0.755. The molecule has 4 aliphatic heterocycles. The highest BCUT2D eigenvalue weighted by Crippen LogP contribution is 2.41. The maximum absolute atomic E-state index is 13.2. The second-order valence-corrected chi connectivity index (χ2v) is 21.8. The van der Waals surface area contributed by atoms with E-state index in [1.165, 1.54) is 18.2 Å². The van der Waals surface area contributed by atoms with Crippen LogP contribution in [-0.2, 0) is 25.5 Å². The number of hydrogen-bond acceptors (Lipinski definition) is 13. The van der Waals surface area contributed by atoms with E-state index in [0.29, 0.717) is 71.7 Å². The number of piperidine rings is 2. The summed E-state index contributed by atoms with van der Waals surface area (Å²) in [5, 5.41) is 12.1. The number of piperazine rings is 1. The Labute approximate surface area is 415 Å². The van der Waals surface area contributed by atoms with Crippen LogP contribution in [0.4, 0.5) is 47.7 Å². The maximum Gasteiger partial charge on any atom is 0.409 e. The molecule has 4 aliphatic rings. The summed E-state index contributed by atoms with van der Waals surface area (Å²) in [5.74, 6) is 5.29. The molecule has 0 saturated carbocycles. The number of hydrogen-bond donors (Lipinski definition) is 4. The fourth-order valence-corrected chi connectivity index (χ4v) is 10.7. The van der Waals surface area contributed by atoms with E-state index in [2.05, 4.69) is 57.8 Å². The van der Waals surface area contributed by atoms with Gasteiger partial charge in [0.05, 0.1) is 36.1 Å². The van der Waals surface area contributed by atoms with Gasteiger partial charge in [0.1, 0.15) is 24.0 Å². The zero-order chi connectivity index (χ0) is 50.5. The first kappa shape index (κ1) is 50.9. The van der Waals surface area contributed by atoms with E-state index in [4.69, 9.17) is 16.3 Å². The third kappa shape index (κ3) is 12.5. The molecular weight excluding hydrogens is 960 g/mol. The molecule has 4 aromatic rings. The van der Waals surface area contributed by atoms with Crippen LogP contribution in [0.15, 0.2) is 72.9 Å². The van der Waals surface area contributed by atoms with Crippen molar-refractivity contribution < 1.29 is 41.7 Å². The second-order valence-electron chi connectivity index (χ2n) is 18.2. The summed E-state index contributed by atoms with van der Waals surface area (Å²) in [4.78, 5) is 67.8. The number of carbonyl (C=O) groups is 4. The minimum absolute atomic E-state index is 0.0914. The zero-order valence-electron chi connectivity index (χ0n) is 39.6. The number of halogens is 4. The molecule has 1 atom stereocenters. The minimum atomic E-state index is -4.68. The molecule has 5 heterocycles. The van der Waals surface area contributed by atoms with Crippen molar-refractivity contribution in [2.45, 2.75) is 63.3 Å². The molecule has 374 valence electrons. The Bertz CT molecular complexity index is 2830. The molecule has 1 aromatic heterocycles. The van der Waals surface area contributed by atoms with E-state index in [1.54, 1.807) is 55.8 Å². The van der Waals surface area contributed by atoms with Crippen LogP contribution >= 0.6 is 18.7 Å². The van der Waals surface area contributed by atoms with Crippen LogP contribution in [0.25, 0.3) is 0 Å². The highest BCUT2D eigenvalue weighted by atomic mass is 35.5. The van der Waals surface area contributed by atoms with Gasteiger partial charge in [0, 0.05) is 99.3 Å². The van der Waals surface area contributed by atoms with Crippen molar-refractivity contribution in [3.05, 3.63) is 94.7 Å². The Morgan fingerprint density at radius 1 is 0.972 bits per heavy atom. The van der Waals surface area contributed by atoms with Gasteiger partial charge in [0.15, 0.2) is 5.82 Å². The van der Waals surface area contributed by atoms with E-state index in [0.717, 1.165) is 63.1 Å². The standard InChI is InChI=1S/C50H55ClF3N10O6P/c1-70-42-29-41(38(56-45(66)17-20-50(52,53)54)28-39(42)58-49-55-30-36(51)46(60-49)57-37-13-6-7-14-43(37)71(2,3)69)63-22-18-33(19-23-63)62-26-24-61(25-27-62)21-8-4-5-10-32-11-9-12-34-35(32)31-64(48(34)68)40-15-16-44(65)59-47(40)67/h6-7,9,11-14,17,20,28-30,33,40H,4,8,15-16,18-19,21-27,31H2,1-3H3,(H,56,66)(H,59,65,67)(H2,55,57,58,60). The fourth-order valence-electron chi connectivity index (χ4n) is 9.43. The van der Waals surface area contributed by atoms with Gasteiger partial charge in [-0.1, -0.05) is 41.6 Å². The molecule has 3 aromatic carbocycles. The largest absolute Gasteiger partial charge is 0.494 e. The molecule has 0 spiro atoms. The van der Waals surface area contributed by atoms with E-state index < -0.39 is 31.2 Å². The van der Waals surface area contributed by atoms with E-state index in [1.807, 2.05) is 12.1 Å². The number of rotatable bonds is 14. The number of methoxy groups -OCH3 is 1. The highest BCUT2D eigenvalue weighted by Gasteiger charge is 2.40. The number of nitrogens with zero attached hydrogens (tertiary/aromatic N) is 6. The number of amides is 4. The van der Waals surface area contributed by atoms with Crippen molar-refractivity contribution in [1.29, 1.82) is 0 Å². The highest BCUT2D eigenvalue weighted by molar-refractivity contribution is 7.70. The van der Waals surface area contributed by atoms with Crippen molar-refractivity contribution >= 4 is 82.2 Å². The molecule has 4 N–H and O–H groups in total. The molecule has 0 radical (unpaired) electrons. The van der Waals surface area contributed by atoms with Crippen LogP contribution in [0.3, 0.4) is 0 Å². The Kier molecular flexibility index (Phi) is 15.7. The first-order chi connectivity index (χ1) is 33.9. The van der Waals surface area contributed by atoms with E-state index in [-0.39, 0.29) is 53.3 Å². The zero-order valence-corrected chi connectivity index (χ0v) is 41.2. The van der Waals surface area contributed by atoms with E-state index in [9.17, 15) is 36.9 Å². The number of aromatic nitrogens is 2. The Hall–Kier alpha value is -6.45. The fraction of sp³-hybridized carbons (Fsp3) is 0.400. The number of anilines is 6. The quantitative estimate of drug-likeness (QED) is 0.0330. The molecule has 4 amide bonds. The van der Waals surface area contributed by atoms with Gasteiger partial charge in [-0.25, -0.2) is 4.98 Å². The summed E-state index contributed by atoms with van der Waals surface area (Å²) in [6, 6.07) is 15.5. The Morgan fingerprint density at radius 2 is 1.73 bits per heavy atom. The van der Waals surface area contributed by atoms with Gasteiger partial charge in [-0.2, -0.15) is 18.2 Å². The van der Waals surface area contributed by atoms with Gasteiger partial charge in [-0.15, -0.1) is 0 Å². The topological polar surface area (TPSA) is 181 Å². The van der Waals surface area contributed by atoms with Crippen molar-refractivity contribution in [2.75, 3.05) is 87.1 Å². The first-order valence-electron chi connectivity index (χ1n) is 23.4. The predicted octanol–water partition coefficient (Wildman–Crippen LogP) is 7.11. The maximum atomic E-state index is 13.2. The van der Waals surface area contributed by atoms with Crippen molar-refractivity contribution in [3.8, 4) is 17.6 Å².